The summed E-state index contributed by atoms with van der Waals surface area (Å²) in [7, 11) is 1.92. The van der Waals surface area contributed by atoms with Crippen LogP contribution in [0.1, 0.15) is 36.4 Å². The lowest BCUT2D eigenvalue weighted by atomic mass is 10.1. The van der Waals surface area contributed by atoms with Crippen molar-refractivity contribution in [1.82, 2.24) is 19.7 Å². The maximum atomic E-state index is 12.8. The SMILES string of the molecule is Cn1cc(C2CCCN2C(=O)CCc2c[nH]c3ccccc23)cn1. The summed E-state index contributed by atoms with van der Waals surface area (Å²) >= 11 is 0. The first kappa shape index (κ1) is 15.0. The van der Waals surface area contributed by atoms with Crippen molar-refractivity contribution in [3.8, 4) is 0 Å². The lowest BCUT2D eigenvalue weighted by Gasteiger charge is -2.24. The lowest BCUT2D eigenvalue weighted by Crippen LogP contribution is -2.30. The Morgan fingerprint density at radius 2 is 2.25 bits per heavy atom. The van der Waals surface area contributed by atoms with E-state index in [1.54, 1.807) is 0 Å². The van der Waals surface area contributed by atoms with Crippen LogP contribution in [0.4, 0.5) is 0 Å². The third-order valence-corrected chi connectivity index (χ3v) is 4.97. The van der Waals surface area contributed by atoms with Crippen LogP contribution in [0.25, 0.3) is 10.9 Å². The van der Waals surface area contributed by atoms with Crippen molar-refractivity contribution in [1.29, 1.82) is 0 Å². The molecule has 1 aliphatic rings. The highest BCUT2D eigenvalue weighted by molar-refractivity contribution is 5.84. The monoisotopic (exact) mass is 322 g/mol. The van der Waals surface area contributed by atoms with Gasteiger partial charge in [0.15, 0.2) is 0 Å². The van der Waals surface area contributed by atoms with Gasteiger partial charge in [-0.3, -0.25) is 9.48 Å². The molecular formula is C19H22N4O. The van der Waals surface area contributed by atoms with Gasteiger partial charge in [-0.1, -0.05) is 18.2 Å². The first-order valence-corrected chi connectivity index (χ1v) is 8.55. The second-order valence-corrected chi connectivity index (χ2v) is 6.55. The predicted octanol–water partition coefficient (Wildman–Crippen LogP) is 3.20. The third kappa shape index (κ3) is 2.70. The number of likely N-dealkylation sites (tertiary alicyclic amines) is 1. The number of H-pyrrole nitrogens is 1. The molecular weight excluding hydrogens is 300 g/mol. The van der Waals surface area contributed by atoms with E-state index in [1.165, 1.54) is 10.9 Å². The van der Waals surface area contributed by atoms with Gasteiger partial charge in [-0.05, 0) is 30.9 Å². The van der Waals surface area contributed by atoms with Crippen LogP contribution in [0.2, 0.25) is 0 Å². The molecule has 1 unspecified atom stereocenters. The number of hydrogen-bond donors (Lipinski definition) is 1. The molecule has 1 atom stereocenters. The number of rotatable bonds is 4. The molecule has 1 fully saturated rings. The smallest absolute Gasteiger partial charge is 0.223 e. The Kier molecular flexibility index (Phi) is 3.84. The van der Waals surface area contributed by atoms with Gasteiger partial charge in [0.25, 0.3) is 0 Å². The van der Waals surface area contributed by atoms with Crippen molar-refractivity contribution < 1.29 is 4.79 Å². The second kappa shape index (κ2) is 6.15. The highest BCUT2D eigenvalue weighted by Gasteiger charge is 2.30. The van der Waals surface area contributed by atoms with E-state index in [0.717, 1.165) is 36.9 Å². The zero-order chi connectivity index (χ0) is 16.5. The van der Waals surface area contributed by atoms with Gasteiger partial charge < -0.3 is 9.88 Å². The summed E-state index contributed by atoms with van der Waals surface area (Å²) in [4.78, 5) is 18.1. The lowest BCUT2D eigenvalue weighted by molar-refractivity contribution is -0.132. The molecule has 4 rings (SSSR count). The van der Waals surface area contributed by atoms with Crippen molar-refractivity contribution in [2.75, 3.05) is 6.54 Å². The van der Waals surface area contributed by atoms with Gasteiger partial charge in [-0.15, -0.1) is 0 Å². The van der Waals surface area contributed by atoms with Crippen LogP contribution in [0.5, 0.6) is 0 Å². The molecule has 1 saturated heterocycles. The Bertz CT molecular complexity index is 863. The minimum atomic E-state index is 0.189. The quantitative estimate of drug-likeness (QED) is 0.802. The normalized spacial score (nSPS) is 17.7. The molecule has 0 spiro atoms. The average Bonchev–Trinajstić information content (AvgIpc) is 3.31. The van der Waals surface area contributed by atoms with Crippen LogP contribution in [-0.2, 0) is 18.3 Å². The van der Waals surface area contributed by atoms with E-state index in [1.807, 2.05) is 47.4 Å². The zero-order valence-electron chi connectivity index (χ0n) is 13.9. The number of nitrogens with zero attached hydrogens (tertiary/aromatic N) is 3. The number of nitrogens with one attached hydrogen (secondary N) is 1. The molecule has 0 bridgehead atoms. The summed E-state index contributed by atoms with van der Waals surface area (Å²) in [6.45, 7) is 0.853. The number of fused-ring (bicyclic) bond motifs is 1. The molecule has 1 amide bonds. The summed E-state index contributed by atoms with van der Waals surface area (Å²) in [6, 6.07) is 8.44. The average molecular weight is 322 g/mol. The Morgan fingerprint density at radius 3 is 3.08 bits per heavy atom. The fourth-order valence-corrected chi connectivity index (χ4v) is 3.75. The molecule has 3 heterocycles. The first-order chi connectivity index (χ1) is 11.7. The van der Waals surface area contributed by atoms with Crippen LogP contribution in [0, 0.1) is 0 Å². The van der Waals surface area contributed by atoms with Crippen molar-refractivity contribution in [3.63, 3.8) is 0 Å². The molecule has 5 nitrogen and oxygen atoms in total. The number of carbonyl (C=O) groups excluding carboxylic acids is 1. The fraction of sp³-hybridized carbons (Fsp3) is 0.368. The number of benzene rings is 1. The highest BCUT2D eigenvalue weighted by Crippen LogP contribution is 2.32. The predicted molar refractivity (Wildman–Crippen MR) is 93.5 cm³/mol. The van der Waals surface area contributed by atoms with Gasteiger partial charge in [-0.2, -0.15) is 5.10 Å². The van der Waals surface area contributed by atoms with E-state index >= 15 is 0 Å². The van der Waals surface area contributed by atoms with Crippen molar-refractivity contribution >= 4 is 16.8 Å². The zero-order valence-corrected chi connectivity index (χ0v) is 13.9. The Morgan fingerprint density at radius 1 is 1.38 bits per heavy atom. The largest absolute Gasteiger partial charge is 0.361 e. The summed E-state index contributed by atoms with van der Waals surface area (Å²) in [5.41, 5.74) is 3.50. The standard InChI is InChI=1S/C19H22N4O/c1-22-13-15(12-21-22)18-7-4-10-23(18)19(24)9-8-14-11-20-17-6-3-2-5-16(14)17/h2-3,5-6,11-13,18,20H,4,7-10H2,1H3. The maximum absolute atomic E-state index is 12.8. The highest BCUT2D eigenvalue weighted by atomic mass is 16.2. The van der Waals surface area contributed by atoms with E-state index in [9.17, 15) is 4.79 Å². The fourth-order valence-electron chi connectivity index (χ4n) is 3.75. The van der Waals surface area contributed by atoms with E-state index in [2.05, 4.69) is 22.2 Å². The molecule has 0 radical (unpaired) electrons. The molecule has 1 aromatic carbocycles. The summed E-state index contributed by atoms with van der Waals surface area (Å²) < 4.78 is 1.81. The van der Waals surface area contributed by atoms with Gasteiger partial charge in [-0.25, -0.2) is 0 Å². The molecule has 1 N–H and O–H groups in total. The van der Waals surface area contributed by atoms with Gasteiger partial charge in [0.1, 0.15) is 0 Å². The minimum Gasteiger partial charge on any atom is -0.361 e. The van der Waals surface area contributed by atoms with Gasteiger partial charge >= 0.3 is 0 Å². The van der Waals surface area contributed by atoms with Crippen molar-refractivity contribution in [2.45, 2.75) is 31.7 Å². The molecule has 0 saturated carbocycles. The van der Waals surface area contributed by atoms with Gasteiger partial charge in [0, 0.05) is 48.9 Å². The van der Waals surface area contributed by atoms with Crippen molar-refractivity contribution in [2.24, 2.45) is 7.05 Å². The van der Waals surface area contributed by atoms with E-state index in [4.69, 9.17) is 0 Å². The summed E-state index contributed by atoms with van der Waals surface area (Å²) in [5.74, 6) is 0.242. The summed E-state index contributed by atoms with van der Waals surface area (Å²) in [6.07, 6.45) is 9.37. The number of para-hydroxylation sites is 1. The molecule has 2 aromatic heterocycles. The van der Waals surface area contributed by atoms with Crippen LogP contribution < -0.4 is 0 Å². The van der Waals surface area contributed by atoms with E-state index in [0.29, 0.717) is 6.42 Å². The Balaban J connectivity index is 1.45. The molecule has 24 heavy (non-hydrogen) atoms. The van der Waals surface area contributed by atoms with Crippen LogP contribution in [-0.4, -0.2) is 32.1 Å². The molecule has 1 aliphatic heterocycles. The van der Waals surface area contributed by atoms with E-state index < -0.39 is 0 Å². The molecule has 5 heteroatoms. The topological polar surface area (TPSA) is 53.9 Å². The van der Waals surface area contributed by atoms with Gasteiger partial charge in [0.05, 0.1) is 12.2 Å². The van der Waals surface area contributed by atoms with Crippen LogP contribution >= 0.6 is 0 Å². The van der Waals surface area contributed by atoms with E-state index in [-0.39, 0.29) is 11.9 Å². The Hall–Kier alpha value is -2.56. The Labute approximate surface area is 141 Å². The summed E-state index contributed by atoms with van der Waals surface area (Å²) in [5, 5.41) is 5.47. The van der Waals surface area contributed by atoms with Gasteiger partial charge in [0.2, 0.25) is 5.91 Å². The van der Waals surface area contributed by atoms with Crippen LogP contribution in [0.15, 0.2) is 42.9 Å². The number of aromatic amines is 1. The molecule has 124 valence electrons. The number of aromatic nitrogens is 3. The third-order valence-electron chi connectivity index (χ3n) is 4.97. The number of hydrogen-bond acceptors (Lipinski definition) is 2. The molecule has 3 aromatic rings. The van der Waals surface area contributed by atoms with Crippen molar-refractivity contribution in [3.05, 3.63) is 54.0 Å². The first-order valence-electron chi connectivity index (χ1n) is 8.55. The number of carbonyl (C=O) groups is 1. The maximum Gasteiger partial charge on any atom is 0.223 e. The minimum absolute atomic E-state index is 0.189. The number of aryl methyl sites for hydroxylation is 2. The van der Waals surface area contributed by atoms with Crippen LogP contribution in [0.3, 0.4) is 0 Å². The molecule has 0 aliphatic carbocycles. The number of amides is 1. The second-order valence-electron chi connectivity index (χ2n) is 6.55.